The molecule has 0 spiro atoms. The fraction of sp³-hybridized carbons (Fsp3) is 0.571. The molecule has 1 aromatic rings. The molecule has 0 aliphatic rings. The van der Waals surface area contributed by atoms with Crippen LogP contribution in [0.15, 0.2) is 11.4 Å². The van der Waals surface area contributed by atoms with Gasteiger partial charge in [0.25, 0.3) is 0 Å². The van der Waals surface area contributed by atoms with E-state index in [9.17, 15) is 9.59 Å². The Morgan fingerprint density at radius 2 is 2.15 bits per heavy atom. The fourth-order valence-corrected chi connectivity index (χ4v) is 2.89. The van der Waals surface area contributed by atoms with Crippen molar-refractivity contribution in [3.63, 3.8) is 0 Å². The van der Waals surface area contributed by atoms with Gasteiger partial charge in [-0.3, -0.25) is 9.59 Å². The Morgan fingerprint density at radius 3 is 2.60 bits per heavy atom. The van der Waals surface area contributed by atoms with Crippen LogP contribution in [0.1, 0.15) is 38.5 Å². The predicted octanol–water partition coefficient (Wildman–Crippen LogP) is 3.34. The van der Waals surface area contributed by atoms with E-state index in [1.807, 2.05) is 25.3 Å². The minimum Gasteiger partial charge on any atom is -0.481 e. The van der Waals surface area contributed by atoms with Crippen molar-refractivity contribution in [3.8, 4) is 0 Å². The van der Waals surface area contributed by atoms with Crippen LogP contribution < -0.4 is 5.32 Å². The lowest BCUT2D eigenvalue weighted by atomic mass is 9.85. The number of aryl methyl sites for hydroxylation is 1. The van der Waals surface area contributed by atoms with Crippen molar-refractivity contribution in [1.29, 1.82) is 0 Å². The predicted molar refractivity (Wildman–Crippen MR) is 81.3 cm³/mol. The summed E-state index contributed by atoms with van der Waals surface area (Å²) in [6.07, 6.45) is 0.866. The maximum Gasteiger partial charge on any atom is 0.305 e. The van der Waals surface area contributed by atoms with Gasteiger partial charge in [-0.2, -0.15) is 0 Å². The van der Waals surface area contributed by atoms with Crippen molar-refractivity contribution in [2.75, 3.05) is 0 Å². The molecule has 20 heavy (non-hydrogen) atoms. The van der Waals surface area contributed by atoms with E-state index in [0.29, 0.717) is 17.9 Å². The number of hydrogen-bond acceptors (Lipinski definition) is 3. The van der Waals surface area contributed by atoms with Crippen LogP contribution in [0, 0.1) is 5.92 Å². The first-order valence-corrected chi connectivity index (χ1v) is 7.74. The number of amides is 1. The molecule has 0 bridgehead atoms. The number of halogens is 1. The van der Waals surface area contributed by atoms with Crippen LogP contribution in [-0.2, 0) is 16.0 Å². The summed E-state index contributed by atoms with van der Waals surface area (Å²) < 4.78 is 0. The first-order valence-electron chi connectivity index (χ1n) is 6.48. The zero-order valence-electron chi connectivity index (χ0n) is 11.9. The average molecular weight is 318 g/mol. The maximum atomic E-state index is 12.0. The minimum absolute atomic E-state index is 0.0405. The standard InChI is InChI=1S/C14H20ClNO3S/c1-9(2)14(3,7-13(18)19)16-12(17)5-4-11-6-10(15)8-20-11/h6,8-9H,4-5,7H2,1-3H3,(H,16,17)(H,18,19). The van der Waals surface area contributed by atoms with Gasteiger partial charge < -0.3 is 10.4 Å². The number of thiophene rings is 1. The molecule has 2 N–H and O–H groups in total. The lowest BCUT2D eigenvalue weighted by Gasteiger charge is -2.33. The molecule has 6 heteroatoms. The number of rotatable bonds is 7. The third-order valence-corrected chi connectivity index (χ3v) is 4.78. The number of carboxylic acid groups (broad SMARTS) is 1. The van der Waals surface area contributed by atoms with E-state index in [1.165, 1.54) is 11.3 Å². The van der Waals surface area contributed by atoms with E-state index in [0.717, 1.165) is 4.88 Å². The molecule has 0 saturated heterocycles. The van der Waals surface area contributed by atoms with Crippen LogP contribution in [0.3, 0.4) is 0 Å². The van der Waals surface area contributed by atoms with Gasteiger partial charge in [0.15, 0.2) is 0 Å². The zero-order chi connectivity index (χ0) is 15.3. The molecule has 1 amide bonds. The second-order valence-electron chi connectivity index (χ2n) is 5.42. The van der Waals surface area contributed by atoms with Crippen LogP contribution in [0.4, 0.5) is 0 Å². The van der Waals surface area contributed by atoms with Crippen molar-refractivity contribution in [3.05, 3.63) is 21.3 Å². The van der Waals surface area contributed by atoms with Crippen molar-refractivity contribution >= 4 is 34.8 Å². The first-order chi connectivity index (χ1) is 9.23. The van der Waals surface area contributed by atoms with Gasteiger partial charge in [-0.05, 0) is 25.3 Å². The zero-order valence-corrected chi connectivity index (χ0v) is 13.5. The summed E-state index contributed by atoms with van der Waals surface area (Å²) in [6.45, 7) is 5.58. The Labute approximate surface area is 128 Å². The number of aliphatic carboxylic acids is 1. The van der Waals surface area contributed by atoms with Gasteiger partial charge in [-0.15, -0.1) is 11.3 Å². The number of carboxylic acids is 1. The molecule has 0 fully saturated rings. The van der Waals surface area contributed by atoms with Crippen molar-refractivity contribution in [2.24, 2.45) is 5.92 Å². The lowest BCUT2D eigenvalue weighted by Crippen LogP contribution is -2.51. The Balaban J connectivity index is 2.56. The molecule has 1 heterocycles. The third-order valence-electron chi connectivity index (χ3n) is 3.44. The minimum atomic E-state index is -0.911. The second kappa shape index (κ2) is 7.09. The molecule has 0 aliphatic heterocycles. The van der Waals surface area contributed by atoms with E-state index < -0.39 is 11.5 Å². The Bertz CT molecular complexity index is 487. The van der Waals surface area contributed by atoms with E-state index in [4.69, 9.17) is 16.7 Å². The summed E-state index contributed by atoms with van der Waals surface area (Å²) in [6, 6.07) is 1.85. The molecule has 112 valence electrons. The van der Waals surface area contributed by atoms with Crippen LogP contribution >= 0.6 is 22.9 Å². The molecule has 0 saturated carbocycles. The monoisotopic (exact) mass is 317 g/mol. The first kappa shape index (κ1) is 17.0. The van der Waals surface area contributed by atoms with E-state index in [1.54, 1.807) is 6.92 Å². The molecule has 0 aliphatic carbocycles. The lowest BCUT2D eigenvalue weighted by molar-refractivity contribution is -0.139. The van der Waals surface area contributed by atoms with Crippen LogP contribution in [0.25, 0.3) is 0 Å². The van der Waals surface area contributed by atoms with Gasteiger partial charge in [-0.1, -0.05) is 25.4 Å². The number of carbonyl (C=O) groups excluding carboxylic acids is 1. The average Bonchev–Trinajstić information content (AvgIpc) is 2.71. The Kier molecular flexibility index (Phi) is 6.02. The molecule has 0 radical (unpaired) electrons. The molecule has 1 aromatic heterocycles. The van der Waals surface area contributed by atoms with Gasteiger partial charge in [0.1, 0.15) is 0 Å². The highest BCUT2D eigenvalue weighted by Gasteiger charge is 2.32. The van der Waals surface area contributed by atoms with E-state index >= 15 is 0 Å². The molecule has 1 rings (SSSR count). The molecule has 4 nitrogen and oxygen atoms in total. The normalized spacial score (nSPS) is 14.1. The topological polar surface area (TPSA) is 66.4 Å². The van der Waals surface area contributed by atoms with Gasteiger partial charge >= 0.3 is 5.97 Å². The summed E-state index contributed by atoms with van der Waals surface area (Å²) in [5.41, 5.74) is -0.726. The summed E-state index contributed by atoms with van der Waals surface area (Å²) >= 11 is 7.35. The van der Waals surface area contributed by atoms with Crippen molar-refractivity contribution in [2.45, 2.75) is 45.6 Å². The smallest absolute Gasteiger partial charge is 0.305 e. The summed E-state index contributed by atoms with van der Waals surface area (Å²) in [5, 5.41) is 14.3. The highest BCUT2D eigenvalue weighted by Crippen LogP contribution is 2.22. The molecule has 1 atom stereocenters. The summed E-state index contributed by atoms with van der Waals surface area (Å²) in [5.74, 6) is -1.00. The Morgan fingerprint density at radius 1 is 1.50 bits per heavy atom. The van der Waals surface area contributed by atoms with Crippen LogP contribution in [0.5, 0.6) is 0 Å². The Hall–Kier alpha value is -1.07. The number of nitrogens with one attached hydrogen (secondary N) is 1. The van der Waals surface area contributed by atoms with E-state index in [-0.39, 0.29) is 18.2 Å². The number of carbonyl (C=O) groups is 2. The van der Waals surface area contributed by atoms with Crippen LogP contribution in [0.2, 0.25) is 5.02 Å². The van der Waals surface area contributed by atoms with Gasteiger partial charge in [0, 0.05) is 22.2 Å². The molecule has 0 aromatic carbocycles. The van der Waals surface area contributed by atoms with Crippen molar-refractivity contribution in [1.82, 2.24) is 5.32 Å². The van der Waals surface area contributed by atoms with E-state index in [2.05, 4.69) is 5.32 Å². The molecular formula is C14H20ClNO3S. The fourth-order valence-electron chi connectivity index (χ4n) is 1.81. The van der Waals surface area contributed by atoms with Gasteiger partial charge in [0.05, 0.1) is 11.4 Å². The van der Waals surface area contributed by atoms with Crippen LogP contribution in [-0.4, -0.2) is 22.5 Å². The largest absolute Gasteiger partial charge is 0.481 e. The molecular weight excluding hydrogens is 298 g/mol. The SMILES string of the molecule is CC(C)C(C)(CC(=O)O)NC(=O)CCc1cc(Cl)cs1. The quantitative estimate of drug-likeness (QED) is 0.810. The third kappa shape index (κ3) is 5.13. The summed E-state index contributed by atoms with van der Waals surface area (Å²) in [4.78, 5) is 24.0. The molecule has 1 unspecified atom stereocenters. The highest BCUT2D eigenvalue weighted by molar-refractivity contribution is 7.10. The second-order valence-corrected chi connectivity index (χ2v) is 6.85. The number of hydrogen-bond donors (Lipinski definition) is 2. The van der Waals surface area contributed by atoms with Crippen molar-refractivity contribution < 1.29 is 14.7 Å². The highest BCUT2D eigenvalue weighted by atomic mass is 35.5. The maximum absolute atomic E-state index is 12.0. The van der Waals surface area contributed by atoms with Gasteiger partial charge in [0.2, 0.25) is 5.91 Å². The summed E-state index contributed by atoms with van der Waals surface area (Å²) in [7, 11) is 0. The van der Waals surface area contributed by atoms with Gasteiger partial charge in [-0.25, -0.2) is 0 Å².